The van der Waals surface area contributed by atoms with Gasteiger partial charge < -0.3 is 9.15 Å². The second kappa shape index (κ2) is 7.18. The number of hydrogen-bond donors (Lipinski definition) is 0. The van der Waals surface area contributed by atoms with E-state index in [1.165, 1.54) is 0 Å². The minimum absolute atomic E-state index is 0.767. The minimum atomic E-state index is 0.767. The van der Waals surface area contributed by atoms with Crippen molar-refractivity contribution in [1.29, 1.82) is 0 Å². The van der Waals surface area contributed by atoms with Gasteiger partial charge in [-0.25, -0.2) is 4.99 Å². The maximum Gasteiger partial charge on any atom is 0.137 e. The standard InChI is InChI=1S/C22H16BrNO2/c1-25-18-11-12-21-19(13-18)20(24-17-9-7-16(23)8-10-17)14-22(26-21)15-5-3-2-4-6-15/h2-14H,1H3. The van der Waals surface area contributed by atoms with Crippen LogP contribution in [0.2, 0.25) is 0 Å². The van der Waals surface area contributed by atoms with Gasteiger partial charge in [0.15, 0.2) is 0 Å². The second-order valence-corrected chi connectivity index (χ2v) is 6.73. The maximum absolute atomic E-state index is 6.12. The van der Waals surface area contributed by atoms with Gasteiger partial charge >= 0.3 is 0 Å². The Labute approximate surface area is 159 Å². The fourth-order valence-electron chi connectivity index (χ4n) is 2.77. The van der Waals surface area contributed by atoms with Gasteiger partial charge in [0, 0.05) is 21.5 Å². The molecule has 128 valence electrons. The van der Waals surface area contributed by atoms with Crippen LogP contribution < -0.4 is 10.1 Å². The Morgan fingerprint density at radius 2 is 1.65 bits per heavy atom. The SMILES string of the molecule is COc1ccc2oc(-c3ccccc3)cc(=Nc3ccc(Br)cc3)c2c1. The van der Waals surface area contributed by atoms with E-state index in [9.17, 15) is 0 Å². The first-order chi connectivity index (χ1) is 12.7. The Bertz CT molecular complexity index is 1120. The Kier molecular flexibility index (Phi) is 4.59. The van der Waals surface area contributed by atoms with Gasteiger partial charge in [0.25, 0.3) is 0 Å². The predicted molar refractivity (Wildman–Crippen MR) is 108 cm³/mol. The van der Waals surface area contributed by atoms with Crippen LogP contribution in [0.15, 0.2) is 92.7 Å². The number of rotatable bonds is 3. The van der Waals surface area contributed by atoms with Gasteiger partial charge in [-0.2, -0.15) is 0 Å². The lowest BCUT2D eigenvalue weighted by atomic mass is 10.1. The van der Waals surface area contributed by atoms with Gasteiger partial charge in [-0.1, -0.05) is 46.3 Å². The summed E-state index contributed by atoms with van der Waals surface area (Å²) in [6.07, 6.45) is 0. The van der Waals surface area contributed by atoms with E-state index < -0.39 is 0 Å². The molecule has 3 nitrogen and oxygen atoms in total. The van der Waals surface area contributed by atoms with Gasteiger partial charge in [-0.3, -0.25) is 0 Å². The average Bonchev–Trinajstić information content (AvgIpc) is 2.70. The van der Waals surface area contributed by atoms with Gasteiger partial charge in [0.1, 0.15) is 17.1 Å². The zero-order valence-corrected chi connectivity index (χ0v) is 15.7. The Hall–Kier alpha value is -2.85. The molecule has 0 aliphatic rings. The Morgan fingerprint density at radius 3 is 2.38 bits per heavy atom. The molecular weight excluding hydrogens is 390 g/mol. The first kappa shape index (κ1) is 16.6. The molecule has 1 heterocycles. The van der Waals surface area contributed by atoms with Crippen LogP contribution in [-0.2, 0) is 0 Å². The van der Waals surface area contributed by atoms with Crippen molar-refractivity contribution in [2.24, 2.45) is 4.99 Å². The van der Waals surface area contributed by atoms with E-state index in [1.807, 2.05) is 78.9 Å². The van der Waals surface area contributed by atoms with Crippen LogP contribution in [0.3, 0.4) is 0 Å². The lowest BCUT2D eigenvalue weighted by Crippen LogP contribution is -2.03. The molecule has 0 atom stereocenters. The number of halogens is 1. The summed E-state index contributed by atoms with van der Waals surface area (Å²) < 4.78 is 12.5. The molecule has 0 saturated heterocycles. The highest BCUT2D eigenvalue weighted by Gasteiger charge is 2.07. The first-order valence-electron chi connectivity index (χ1n) is 8.20. The van der Waals surface area contributed by atoms with Crippen LogP contribution in [0.25, 0.3) is 22.3 Å². The molecule has 4 rings (SSSR count). The number of benzene rings is 3. The van der Waals surface area contributed by atoms with Gasteiger partial charge in [0.2, 0.25) is 0 Å². The molecule has 0 N–H and O–H groups in total. The van der Waals surface area contributed by atoms with E-state index in [4.69, 9.17) is 14.1 Å². The summed E-state index contributed by atoms with van der Waals surface area (Å²) in [5.74, 6) is 1.55. The highest BCUT2D eigenvalue weighted by Crippen LogP contribution is 2.25. The molecule has 0 unspecified atom stereocenters. The molecule has 0 saturated carbocycles. The number of fused-ring (bicyclic) bond motifs is 1. The zero-order valence-electron chi connectivity index (χ0n) is 14.1. The van der Waals surface area contributed by atoms with E-state index in [0.717, 1.165) is 43.6 Å². The molecule has 0 aliphatic carbocycles. The number of ether oxygens (including phenoxy) is 1. The lowest BCUT2D eigenvalue weighted by Gasteiger charge is -2.07. The van der Waals surface area contributed by atoms with E-state index in [-0.39, 0.29) is 0 Å². The van der Waals surface area contributed by atoms with Crippen LogP contribution in [0.4, 0.5) is 5.69 Å². The highest BCUT2D eigenvalue weighted by molar-refractivity contribution is 9.10. The zero-order chi connectivity index (χ0) is 17.9. The molecule has 26 heavy (non-hydrogen) atoms. The summed E-state index contributed by atoms with van der Waals surface area (Å²) in [5.41, 5.74) is 2.66. The summed E-state index contributed by atoms with van der Waals surface area (Å²) in [4.78, 5) is 4.84. The summed E-state index contributed by atoms with van der Waals surface area (Å²) >= 11 is 3.46. The second-order valence-electron chi connectivity index (χ2n) is 5.81. The number of nitrogens with zero attached hydrogens (tertiary/aromatic N) is 1. The third-order valence-corrected chi connectivity index (χ3v) is 4.61. The maximum atomic E-state index is 6.12. The normalized spacial score (nSPS) is 11.7. The van der Waals surface area contributed by atoms with E-state index in [0.29, 0.717) is 0 Å². The van der Waals surface area contributed by atoms with Crippen molar-refractivity contribution in [3.8, 4) is 17.1 Å². The summed E-state index contributed by atoms with van der Waals surface area (Å²) in [7, 11) is 1.65. The van der Waals surface area contributed by atoms with Crippen molar-refractivity contribution in [2.75, 3.05) is 7.11 Å². The first-order valence-corrected chi connectivity index (χ1v) is 9.00. The molecule has 0 spiro atoms. The number of methoxy groups -OCH3 is 1. The fourth-order valence-corrected chi connectivity index (χ4v) is 3.03. The third-order valence-electron chi connectivity index (χ3n) is 4.08. The van der Waals surface area contributed by atoms with Gasteiger partial charge in [-0.05, 0) is 42.5 Å². The van der Waals surface area contributed by atoms with E-state index in [1.54, 1.807) is 7.11 Å². The molecule has 4 heteroatoms. The van der Waals surface area contributed by atoms with Crippen LogP contribution in [0.1, 0.15) is 0 Å². The van der Waals surface area contributed by atoms with E-state index >= 15 is 0 Å². The lowest BCUT2D eigenvalue weighted by molar-refractivity contribution is 0.415. The molecule has 0 radical (unpaired) electrons. The quantitative estimate of drug-likeness (QED) is 0.412. The van der Waals surface area contributed by atoms with Crippen molar-refractivity contribution in [1.82, 2.24) is 0 Å². The molecule has 0 aliphatic heterocycles. The Morgan fingerprint density at radius 1 is 0.885 bits per heavy atom. The monoisotopic (exact) mass is 405 g/mol. The van der Waals surface area contributed by atoms with Crippen molar-refractivity contribution >= 4 is 32.6 Å². The number of hydrogen-bond acceptors (Lipinski definition) is 3. The van der Waals surface area contributed by atoms with Crippen molar-refractivity contribution in [3.63, 3.8) is 0 Å². The topological polar surface area (TPSA) is 34.7 Å². The van der Waals surface area contributed by atoms with Crippen molar-refractivity contribution < 1.29 is 9.15 Å². The highest BCUT2D eigenvalue weighted by atomic mass is 79.9. The van der Waals surface area contributed by atoms with Gasteiger partial charge in [0.05, 0.1) is 18.2 Å². The molecule has 0 amide bonds. The molecule has 3 aromatic carbocycles. The molecule has 0 bridgehead atoms. The average molecular weight is 406 g/mol. The van der Waals surface area contributed by atoms with Crippen LogP contribution >= 0.6 is 15.9 Å². The fraction of sp³-hybridized carbons (Fsp3) is 0.0455. The van der Waals surface area contributed by atoms with Crippen LogP contribution in [0.5, 0.6) is 5.75 Å². The smallest absolute Gasteiger partial charge is 0.137 e. The molecule has 4 aromatic rings. The van der Waals surface area contributed by atoms with Crippen molar-refractivity contribution in [2.45, 2.75) is 0 Å². The third kappa shape index (κ3) is 3.41. The molecule has 1 aromatic heterocycles. The van der Waals surface area contributed by atoms with Gasteiger partial charge in [-0.15, -0.1) is 0 Å². The summed E-state index contributed by atoms with van der Waals surface area (Å²) in [6.45, 7) is 0. The molecular formula is C22H16BrNO2. The Balaban J connectivity index is 1.99. The minimum Gasteiger partial charge on any atom is -0.497 e. The van der Waals surface area contributed by atoms with Crippen LogP contribution in [0, 0.1) is 0 Å². The largest absolute Gasteiger partial charge is 0.497 e. The summed E-state index contributed by atoms with van der Waals surface area (Å²) in [5, 5.41) is 1.75. The summed E-state index contributed by atoms with van der Waals surface area (Å²) in [6, 6.07) is 25.7. The van der Waals surface area contributed by atoms with E-state index in [2.05, 4.69) is 15.9 Å². The van der Waals surface area contributed by atoms with Crippen molar-refractivity contribution in [3.05, 3.63) is 88.7 Å². The van der Waals surface area contributed by atoms with Crippen LogP contribution in [-0.4, -0.2) is 7.11 Å². The predicted octanol–water partition coefficient (Wildman–Crippen LogP) is 6.10. The molecule has 0 fully saturated rings.